The molecule has 0 spiro atoms. The number of rotatable bonds is 4. The molecule has 6 heteroatoms. The van der Waals surface area contributed by atoms with E-state index in [4.69, 9.17) is 9.26 Å². The van der Waals surface area contributed by atoms with Gasteiger partial charge in [0.2, 0.25) is 11.8 Å². The van der Waals surface area contributed by atoms with E-state index in [2.05, 4.69) is 10.1 Å². The molecule has 22 heavy (non-hydrogen) atoms. The molecule has 6 nitrogen and oxygen atoms in total. The topological polar surface area (TPSA) is 68.5 Å². The number of nitrogens with zero attached hydrogens (tertiary/aromatic N) is 3. The number of anilines is 1. The van der Waals surface area contributed by atoms with Crippen molar-refractivity contribution in [2.24, 2.45) is 0 Å². The van der Waals surface area contributed by atoms with Gasteiger partial charge in [-0.05, 0) is 12.1 Å². The molecular weight excluding hydrogens is 282 g/mol. The number of para-hydroxylation sites is 2. The quantitative estimate of drug-likeness (QED) is 0.868. The molecule has 3 rings (SSSR count). The lowest BCUT2D eigenvalue weighted by atomic mass is 10.1. The minimum absolute atomic E-state index is 0.0406. The Kier molecular flexibility index (Phi) is 3.83. The summed E-state index contributed by atoms with van der Waals surface area (Å²) in [5, 5.41) is 3.98. The summed E-state index contributed by atoms with van der Waals surface area (Å²) in [6.45, 7) is 4.55. The van der Waals surface area contributed by atoms with Crippen molar-refractivity contribution in [3.05, 3.63) is 36.0 Å². The van der Waals surface area contributed by atoms with Gasteiger partial charge in [0, 0.05) is 18.9 Å². The summed E-state index contributed by atoms with van der Waals surface area (Å²) in [5.41, 5.74) is 0.779. The molecule has 0 radical (unpaired) electrons. The highest BCUT2D eigenvalue weighted by atomic mass is 16.5. The van der Waals surface area contributed by atoms with Gasteiger partial charge < -0.3 is 14.2 Å². The highest BCUT2D eigenvalue weighted by Crippen LogP contribution is 2.36. The molecule has 2 heterocycles. The van der Waals surface area contributed by atoms with Crippen LogP contribution in [0.25, 0.3) is 0 Å². The molecule has 1 amide bonds. The molecule has 1 fully saturated rings. The van der Waals surface area contributed by atoms with E-state index in [-0.39, 0.29) is 17.7 Å². The molecule has 1 aliphatic heterocycles. The van der Waals surface area contributed by atoms with E-state index < -0.39 is 0 Å². The maximum Gasteiger partial charge on any atom is 0.232 e. The van der Waals surface area contributed by atoms with Crippen molar-refractivity contribution in [1.29, 1.82) is 0 Å². The Labute approximate surface area is 129 Å². The Balaban J connectivity index is 1.83. The molecule has 0 N–H and O–H groups in total. The predicted octanol–water partition coefficient (Wildman–Crippen LogP) is 2.72. The summed E-state index contributed by atoms with van der Waals surface area (Å²) < 4.78 is 10.7. The van der Waals surface area contributed by atoms with Crippen molar-refractivity contribution in [2.45, 2.75) is 32.1 Å². The number of ether oxygens (including phenoxy) is 1. The van der Waals surface area contributed by atoms with Crippen LogP contribution in [0.1, 0.15) is 43.8 Å². The molecule has 1 aromatic heterocycles. The van der Waals surface area contributed by atoms with Gasteiger partial charge in [-0.25, -0.2) is 0 Å². The monoisotopic (exact) mass is 301 g/mol. The Hall–Kier alpha value is -2.37. The van der Waals surface area contributed by atoms with Crippen LogP contribution in [0.5, 0.6) is 5.75 Å². The average Bonchev–Trinajstić information content (AvgIpc) is 3.14. The number of hydrogen-bond acceptors (Lipinski definition) is 5. The summed E-state index contributed by atoms with van der Waals surface area (Å²) >= 11 is 0. The largest absolute Gasteiger partial charge is 0.495 e. The second-order valence-corrected chi connectivity index (χ2v) is 5.72. The van der Waals surface area contributed by atoms with E-state index in [1.807, 2.05) is 38.1 Å². The highest BCUT2D eigenvalue weighted by molar-refractivity contribution is 5.97. The third-order valence-electron chi connectivity index (χ3n) is 3.82. The maximum absolute atomic E-state index is 12.3. The van der Waals surface area contributed by atoms with Gasteiger partial charge in [0.05, 0.1) is 18.7 Å². The van der Waals surface area contributed by atoms with E-state index in [0.29, 0.717) is 30.4 Å². The van der Waals surface area contributed by atoms with Gasteiger partial charge in [-0.15, -0.1) is 0 Å². The maximum atomic E-state index is 12.3. The van der Waals surface area contributed by atoms with E-state index >= 15 is 0 Å². The number of amides is 1. The lowest BCUT2D eigenvalue weighted by Crippen LogP contribution is -2.24. The molecule has 1 aliphatic rings. The van der Waals surface area contributed by atoms with Crippen molar-refractivity contribution in [3.63, 3.8) is 0 Å². The molecule has 0 bridgehead atoms. The minimum atomic E-state index is -0.0718. The average molecular weight is 301 g/mol. The summed E-state index contributed by atoms with van der Waals surface area (Å²) in [7, 11) is 1.60. The number of hydrogen-bond donors (Lipinski definition) is 0. The number of carbonyl (C=O) groups excluding carboxylic acids is 1. The third-order valence-corrected chi connectivity index (χ3v) is 3.82. The first-order chi connectivity index (χ1) is 10.6. The lowest BCUT2D eigenvalue weighted by Gasteiger charge is -2.18. The molecule has 0 saturated carbocycles. The standard InChI is InChI=1S/C16H19N3O3/c1-10(2)15-17-16(22-18-15)11-8-14(20)19(9-11)12-6-4-5-7-13(12)21-3/h4-7,10-11H,8-9H2,1-3H3/t11-/m1/s1. The molecule has 0 aliphatic carbocycles. The second-order valence-electron chi connectivity index (χ2n) is 5.72. The summed E-state index contributed by atoms with van der Waals surface area (Å²) in [4.78, 5) is 18.5. The molecule has 1 atom stereocenters. The van der Waals surface area contributed by atoms with Gasteiger partial charge in [-0.3, -0.25) is 4.79 Å². The first kappa shape index (κ1) is 14.6. The van der Waals surface area contributed by atoms with Gasteiger partial charge in [0.1, 0.15) is 5.75 Å². The second kappa shape index (κ2) is 5.79. The van der Waals surface area contributed by atoms with Crippen LogP contribution in [0.15, 0.2) is 28.8 Å². The first-order valence-corrected chi connectivity index (χ1v) is 7.37. The fraction of sp³-hybridized carbons (Fsp3) is 0.438. The van der Waals surface area contributed by atoms with Gasteiger partial charge in [0.25, 0.3) is 0 Å². The zero-order valence-corrected chi connectivity index (χ0v) is 12.9. The van der Waals surface area contributed by atoms with Crippen molar-refractivity contribution >= 4 is 11.6 Å². The Bertz CT molecular complexity index is 681. The predicted molar refractivity (Wildman–Crippen MR) is 81.1 cm³/mol. The molecule has 0 unspecified atom stereocenters. The van der Waals surface area contributed by atoms with Gasteiger partial charge >= 0.3 is 0 Å². The molecule has 116 valence electrons. The Morgan fingerprint density at radius 2 is 2.14 bits per heavy atom. The van der Waals surface area contributed by atoms with Crippen LogP contribution in [0, 0.1) is 0 Å². The fourth-order valence-electron chi connectivity index (χ4n) is 2.61. The first-order valence-electron chi connectivity index (χ1n) is 7.37. The fourth-order valence-corrected chi connectivity index (χ4v) is 2.61. The highest BCUT2D eigenvalue weighted by Gasteiger charge is 2.36. The van der Waals surface area contributed by atoms with Crippen molar-refractivity contribution in [3.8, 4) is 5.75 Å². The summed E-state index contributed by atoms with van der Waals surface area (Å²) in [5.74, 6) is 2.08. The van der Waals surface area contributed by atoms with Crippen LogP contribution >= 0.6 is 0 Å². The zero-order valence-electron chi connectivity index (χ0n) is 12.9. The normalized spacial score (nSPS) is 18.3. The van der Waals surface area contributed by atoms with Gasteiger partial charge in [-0.2, -0.15) is 4.98 Å². The van der Waals surface area contributed by atoms with E-state index in [9.17, 15) is 4.79 Å². The Morgan fingerprint density at radius 1 is 1.36 bits per heavy atom. The third kappa shape index (κ3) is 2.56. The lowest BCUT2D eigenvalue weighted by molar-refractivity contribution is -0.117. The molecule has 2 aromatic rings. The van der Waals surface area contributed by atoms with Crippen molar-refractivity contribution in [1.82, 2.24) is 10.1 Å². The van der Waals surface area contributed by atoms with E-state index in [1.165, 1.54) is 0 Å². The molecule has 1 saturated heterocycles. The number of carbonyl (C=O) groups is 1. The van der Waals surface area contributed by atoms with Crippen LogP contribution < -0.4 is 9.64 Å². The van der Waals surface area contributed by atoms with Crippen molar-refractivity contribution < 1.29 is 14.1 Å². The number of methoxy groups -OCH3 is 1. The SMILES string of the molecule is COc1ccccc1N1C[C@H](c2nc(C(C)C)no2)CC1=O. The minimum Gasteiger partial charge on any atom is -0.495 e. The van der Waals surface area contributed by atoms with Gasteiger partial charge in [0.15, 0.2) is 5.82 Å². The smallest absolute Gasteiger partial charge is 0.232 e. The van der Waals surface area contributed by atoms with Crippen LogP contribution in [-0.4, -0.2) is 29.7 Å². The van der Waals surface area contributed by atoms with Crippen molar-refractivity contribution in [2.75, 3.05) is 18.6 Å². The zero-order chi connectivity index (χ0) is 15.7. The van der Waals surface area contributed by atoms with Crippen LogP contribution in [0.4, 0.5) is 5.69 Å². The van der Waals surface area contributed by atoms with Gasteiger partial charge in [-0.1, -0.05) is 31.1 Å². The summed E-state index contributed by atoms with van der Waals surface area (Å²) in [6, 6.07) is 7.50. The molecule has 1 aromatic carbocycles. The van der Waals surface area contributed by atoms with E-state index in [0.717, 1.165) is 5.69 Å². The molecular formula is C16H19N3O3. The number of benzene rings is 1. The Morgan fingerprint density at radius 3 is 2.82 bits per heavy atom. The van der Waals surface area contributed by atoms with Crippen LogP contribution in [0.2, 0.25) is 0 Å². The van der Waals surface area contributed by atoms with Crippen LogP contribution in [-0.2, 0) is 4.79 Å². The van der Waals surface area contributed by atoms with E-state index in [1.54, 1.807) is 12.0 Å². The number of aromatic nitrogens is 2. The van der Waals surface area contributed by atoms with Crippen LogP contribution in [0.3, 0.4) is 0 Å². The summed E-state index contributed by atoms with van der Waals surface area (Å²) in [6.07, 6.45) is 0.373.